The van der Waals surface area contributed by atoms with Gasteiger partial charge in [-0.2, -0.15) is 0 Å². The summed E-state index contributed by atoms with van der Waals surface area (Å²) in [4.78, 5) is 0. The zero-order valence-electron chi connectivity index (χ0n) is 3.31. The van der Waals surface area contributed by atoms with Crippen molar-refractivity contribution in [3.8, 4) is 0 Å². The molecule has 0 heterocycles. The maximum absolute atomic E-state index is 7.79. The number of oxime groups is 1. The van der Waals surface area contributed by atoms with Crippen molar-refractivity contribution in [1.82, 2.24) is 5.23 Å². The van der Waals surface area contributed by atoms with E-state index in [0.717, 1.165) is 0 Å². The molecule has 0 aliphatic heterocycles. The first-order valence-electron chi connectivity index (χ1n) is 1.34. The van der Waals surface area contributed by atoms with E-state index < -0.39 is 11.2 Å². The normalized spacial score (nSPS) is 11.4. The maximum Gasteiger partial charge on any atom is 0.284 e. The van der Waals surface area contributed by atoms with Crippen LogP contribution in [0.1, 0.15) is 0 Å². The highest BCUT2D eigenvalue weighted by Gasteiger charge is 1.94. The molecule has 42 valence electrons. The second-order valence-corrected chi connectivity index (χ2v) is 0.748. The van der Waals surface area contributed by atoms with Gasteiger partial charge in [0.25, 0.3) is 5.96 Å². The summed E-state index contributed by atoms with van der Waals surface area (Å²) in [6, 6.07) is 0. The third-order valence-electron chi connectivity index (χ3n) is 0.307. The first kappa shape index (κ1) is 5.99. The Balaban J connectivity index is 3.56. The van der Waals surface area contributed by atoms with Crippen LogP contribution in [0.5, 0.6) is 0 Å². The summed E-state index contributed by atoms with van der Waals surface area (Å²) in [6.07, 6.45) is 0. The first-order chi connectivity index (χ1) is 3.18. The van der Waals surface area contributed by atoms with Crippen LogP contribution in [0, 0.1) is 0 Å². The summed E-state index contributed by atoms with van der Waals surface area (Å²) in [5, 5.41) is 24.9. The zero-order chi connectivity index (χ0) is 5.86. The molecule has 0 aliphatic carbocycles. The Morgan fingerprint density at radius 3 is 2.00 bits per heavy atom. The van der Waals surface area contributed by atoms with Gasteiger partial charge in [0.1, 0.15) is 0 Å². The molecule has 0 amide bonds. The fourth-order valence-corrected chi connectivity index (χ4v) is 0.0400. The minimum Gasteiger partial charge on any atom is -0.408 e. The van der Waals surface area contributed by atoms with E-state index in [1.807, 2.05) is 0 Å². The fraction of sp³-hybridized carbons (Fsp3) is 0. The number of nitrogens with two attached hydrogens (primary N) is 1. The van der Waals surface area contributed by atoms with Crippen molar-refractivity contribution < 1.29 is 15.6 Å². The van der Waals surface area contributed by atoms with E-state index in [9.17, 15) is 0 Å². The quantitative estimate of drug-likeness (QED) is 0.134. The summed E-state index contributed by atoms with van der Waals surface area (Å²) in [6.45, 7) is 0. The third-order valence-corrected chi connectivity index (χ3v) is 0.307. The topological polar surface area (TPSA) is 102 Å². The Morgan fingerprint density at radius 1 is 1.57 bits per heavy atom. The lowest BCUT2D eigenvalue weighted by Crippen LogP contribution is -2.31. The van der Waals surface area contributed by atoms with Crippen LogP contribution in [0.2, 0.25) is 0 Å². The number of nitrogens with zero attached hydrogens (tertiary/aromatic N) is 2. The van der Waals surface area contributed by atoms with Crippen molar-refractivity contribution in [3.05, 3.63) is 0 Å². The molecule has 0 rings (SSSR count). The first-order valence-corrected chi connectivity index (χ1v) is 1.34. The van der Waals surface area contributed by atoms with Crippen molar-refractivity contribution >= 4 is 5.96 Å². The lowest BCUT2D eigenvalue weighted by atomic mass is 11.1. The average Bonchev–Trinajstić information content (AvgIpc) is 1.65. The van der Waals surface area contributed by atoms with Gasteiger partial charge >= 0.3 is 0 Å². The molecule has 0 aromatic carbocycles. The summed E-state index contributed by atoms with van der Waals surface area (Å²) in [5.41, 5.74) is 4.54. The molecular formula is CH5N3O3. The SMILES string of the molecule is NC(=NO)N(O)O. The van der Waals surface area contributed by atoms with Crippen molar-refractivity contribution in [1.29, 1.82) is 0 Å². The van der Waals surface area contributed by atoms with Gasteiger partial charge in [-0.25, -0.2) is 0 Å². The Hall–Kier alpha value is -1.01. The molecule has 7 heavy (non-hydrogen) atoms. The standard InChI is InChI=1S/CH5N3O3/c2-1(3-5)4(6)7/h5-7H,(H2,2,3). The van der Waals surface area contributed by atoms with E-state index in [-0.39, 0.29) is 0 Å². The summed E-state index contributed by atoms with van der Waals surface area (Å²) >= 11 is 0. The van der Waals surface area contributed by atoms with Gasteiger partial charge in [-0.05, 0) is 5.16 Å². The second-order valence-electron chi connectivity index (χ2n) is 0.748. The van der Waals surface area contributed by atoms with Crippen LogP contribution < -0.4 is 5.73 Å². The number of hydroxylamine groups is 2. The van der Waals surface area contributed by atoms with Gasteiger partial charge in [-0.3, -0.25) is 10.4 Å². The largest absolute Gasteiger partial charge is 0.408 e. The van der Waals surface area contributed by atoms with Crippen LogP contribution in [-0.4, -0.2) is 26.8 Å². The van der Waals surface area contributed by atoms with Crippen LogP contribution in [0.15, 0.2) is 5.16 Å². The van der Waals surface area contributed by atoms with Gasteiger partial charge in [0.05, 0.1) is 0 Å². The Labute approximate surface area is 39.0 Å². The van der Waals surface area contributed by atoms with Crippen LogP contribution in [0.25, 0.3) is 0 Å². The average molecular weight is 107 g/mol. The minimum atomic E-state index is -0.778. The van der Waals surface area contributed by atoms with Crippen molar-refractivity contribution in [2.45, 2.75) is 0 Å². The van der Waals surface area contributed by atoms with Crippen LogP contribution >= 0.6 is 0 Å². The molecule has 0 atom stereocenters. The van der Waals surface area contributed by atoms with E-state index in [2.05, 4.69) is 10.9 Å². The van der Waals surface area contributed by atoms with E-state index >= 15 is 0 Å². The number of guanidine groups is 1. The van der Waals surface area contributed by atoms with Crippen LogP contribution in [0.4, 0.5) is 0 Å². The van der Waals surface area contributed by atoms with Crippen molar-refractivity contribution in [2.75, 3.05) is 0 Å². The number of rotatable bonds is 0. The Bertz CT molecular complexity index is 78.2. The molecule has 6 nitrogen and oxygen atoms in total. The molecule has 0 radical (unpaired) electrons. The number of hydrogen-bond acceptors (Lipinski definition) is 4. The van der Waals surface area contributed by atoms with Crippen molar-refractivity contribution in [3.63, 3.8) is 0 Å². The molecule has 0 spiro atoms. The summed E-state index contributed by atoms with van der Waals surface area (Å²) in [5.74, 6) is -0.778. The van der Waals surface area contributed by atoms with Gasteiger partial charge in [0, 0.05) is 0 Å². The second kappa shape index (κ2) is 2.21. The molecule has 0 aromatic rings. The molecule has 6 heteroatoms. The molecule has 0 saturated carbocycles. The molecule has 0 saturated heterocycles. The van der Waals surface area contributed by atoms with Gasteiger partial charge in [-0.15, -0.1) is 0 Å². The zero-order valence-corrected chi connectivity index (χ0v) is 3.31. The van der Waals surface area contributed by atoms with Gasteiger partial charge in [0.2, 0.25) is 0 Å². The lowest BCUT2D eigenvalue weighted by Gasteiger charge is -2.00. The molecule has 0 aliphatic rings. The van der Waals surface area contributed by atoms with E-state index in [1.165, 1.54) is 0 Å². The van der Waals surface area contributed by atoms with Crippen LogP contribution in [-0.2, 0) is 0 Å². The predicted molar refractivity (Wildman–Crippen MR) is 18.8 cm³/mol. The van der Waals surface area contributed by atoms with Crippen molar-refractivity contribution in [2.24, 2.45) is 10.9 Å². The number of hydrogen-bond donors (Lipinski definition) is 4. The molecule has 5 N–H and O–H groups in total. The van der Waals surface area contributed by atoms with E-state index in [4.69, 9.17) is 15.6 Å². The van der Waals surface area contributed by atoms with Gasteiger partial charge in [0.15, 0.2) is 0 Å². The van der Waals surface area contributed by atoms with Crippen LogP contribution in [0.3, 0.4) is 0 Å². The minimum absolute atomic E-state index is 0.500. The maximum atomic E-state index is 7.79. The highest BCUT2D eigenvalue weighted by molar-refractivity contribution is 5.74. The molecule has 0 unspecified atom stereocenters. The monoisotopic (exact) mass is 107 g/mol. The highest BCUT2D eigenvalue weighted by Crippen LogP contribution is 1.66. The Kier molecular flexibility index (Phi) is 1.89. The van der Waals surface area contributed by atoms with E-state index in [1.54, 1.807) is 0 Å². The predicted octanol–water partition coefficient (Wildman–Crippen LogP) is -1.23. The molecule has 0 fully saturated rings. The third kappa shape index (κ3) is 1.79. The van der Waals surface area contributed by atoms with Gasteiger partial charge in [-0.1, -0.05) is 5.23 Å². The lowest BCUT2D eigenvalue weighted by molar-refractivity contribution is -0.246. The smallest absolute Gasteiger partial charge is 0.284 e. The summed E-state index contributed by atoms with van der Waals surface area (Å²) < 4.78 is 0. The summed E-state index contributed by atoms with van der Waals surface area (Å²) in [7, 11) is 0. The highest BCUT2D eigenvalue weighted by atomic mass is 16.8. The van der Waals surface area contributed by atoms with Gasteiger partial charge < -0.3 is 10.9 Å². The molecule has 0 aromatic heterocycles. The molecular weight excluding hydrogens is 102 g/mol. The molecule has 0 bridgehead atoms. The fourth-order valence-electron chi connectivity index (χ4n) is 0.0400. The van der Waals surface area contributed by atoms with E-state index in [0.29, 0.717) is 0 Å². The Morgan fingerprint density at radius 2 is 2.00 bits per heavy atom.